The van der Waals surface area contributed by atoms with Gasteiger partial charge in [-0.25, -0.2) is 14.4 Å². The molecular formula is C13H15FN6O. The average molecular weight is 290 g/mol. The van der Waals surface area contributed by atoms with E-state index in [9.17, 15) is 4.39 Å². The Bertz CT molecular complexity index is 615. The third-order valence-electron chi connectivity index (χ3n) is 3.11. The number of nitrogen functional groups attached to an aromatic ring is 1. The van der Waals surface area contributed by atoms with Crippen LogP contribution in [0.5, 0.6) is 0 Å². The normalized spacial score (nSPS) is 15.0. The van der Waals surface area contributed by atoms with Crippen LogP contribution in [0.15, 0.2) is 24.5 Å². The molecule has 0 spiro atoms. The quantitative estimate of drug-likeness (QED) is 0.877. The molecule has 2 aromatic heterocycles. The summed E-state index contributed by atoms with van der Waals surface area (Å²) in [4.78, 5) is 14.2. The lowest BCUT2D eigenvalue weighted by Crippen LogP contribution is -2.36. The summed E-state index contributed by atoms with van der Waals surface area (Å²) in [6.07, 6.45) is 2.70. The van der Waals surface area contributed by atoms with Gasteiger partial charge in [0.05, 0.1) is 31.3 Å². The molecule has 3 N–H and O–H groups in total. The third-order valence-corrected chi connectivity index (χ3v) is 3.11. The van der Waals surface area contributed by atoms with Gasteiger partial charge in [0.15, 0.2) is 11.6 Å². The van der Waals surface area contributed by atoms with E-state index in [-0.39, 0.29) is 11.8 Å². The number of hydrogen-bond acceptors (Lipinski definition) is 7. The SMILES string of the molecule is Nc1nc(Nc2ccc(N3CCOCC3)nc2)ncc1F. The lowest BCUT2D eigenvalue weighted by Gasteiger charge is -2.27. The lowest BCUT2D eigenvalue weighted by molar-refractivity contribution is 0.122. The first-order chi connectivity index (χ1) is 10.2. The number of hydrogen-bond donors (Lipinski definition) is 2. The number of morpholine rings is 1. The first-order valence-electron chi connectivity index (χ1n) is 6.56. The zero-order valence-electron chi connectivity index (χ0n) is 11.3. The van der Waals surface area contributed by atoms with Gasteiger partial charge >= 0.3 is 0 Å². The highest BCUT2D eigenvalue weighted by molar-refractivity contribution is 5.55. The van der Waals surface area contributed by atoms with Gasteiger partial charge < -0.3 is 20.7 Å². The van der Waals surface area contributed by atoms with Crippen molar-refractivity contribution in [3.8, 4) is 0 Å². The van der Waals surface area contributed by atoms with E-state index in [1.165, 1.54) is 0 Å². The maximum atomic E-state index is 13.0. The Hall–Kier alpha value is -2.48. The van der Waals surface area contributed by atoms with Gasteiger partial charge in [0.1, 0.15) is 5.82 Å². The number of aromatic nitrogens is 3. The molecule has 2 aromatic rings. The number of nitrogens with two attached hydrogens (primary N) is 1. The topological polar surface area (TPSA) is 89.2 Å². The molecule has 0 saturated carbocycles. The van der Waals surface area contributed by atoms with Gasteiger partial charge in [0, 0.05) is 13.1 Å². The predicted molar refractivity (Wildman–Crippen MR) is 77.0 cm³/mol. The van der Waals surface area contributed by atoms with Gasteiger partial charge in [0.25, 0.3) is 0 Å². The fourth-order valence-corrected chi connectivity index (χ4v) is 2.01. The van der Waals surface area contributed by atoms with Crippen molar-refractivity contribution < 1.29 is 9.13 Å². The molecule has 8 heteroatoms. The molecule has 0 aliphatic carbocycles. The molecule has 1 aliphatic heterocycles. The zero-order valence-corrected chi connectivity index (χ0v) is 11.3. The van der Waals surface area contributed by atoms with Crippen molar-refractivity contribution in [2.24, 2.45) is 0 Å². The summed E-state index contributed by atoms with van der Waals surface area (Å²) in [5.74, 6) is 0.296. The molecule has 0 bridgehead atoms. The zero-order chi connectivity index (χ0) is 14.7. The Morgan fingerprint density at radius 1 is 1.19 bits per heavy atom. The third kappa shape index (κ3) is 3.16. The Kier molecular flexibility index (Phi) is 3.78. The van der Waals surface area contributed by atoms with Crippen LogP contribution < -0.4 is 16.0 Å². The van der Waals surface area contributed by atoms with Crippen molar-refractivity contribution in [2.45, 2.75) is 0 Å². The van der Waals surface area contributed by atoms with Crippen LogP contribution in [0.4, 0.5) is 27.7 Å². The number of halogens is 1. The first-order valence-corrected chi connectivity index (χ1v) is 6.56. The van der Waals surface area contributed by atoms with E-state index in [0.29, 0.717) is 18.9 Å². The number of nitrogens with one attached hydrogen (secondary N) is 1. The first kappa shape index (κ1) is 13.5. The molecule has 0 aromatic carbocycles. The monoisotopic (exact) mass is 290 g/mol. The van der Waals surface area contributed by atoms with Crippen molar-refractivity contribution in [3.05, 3.63) is 30.3 Å². The van der Waals surface area contributed by atoms with Crippen LogP contribution in [-0.4, -0.2) is 41.3 Å². The molecule has 0 amide bonds. The summed E-state index contributed by atoms with van der Waals surface area (Å²) in [5.41, 5.74) is 6.10. The maximum Gasteiger partial charge on any atom is 0.229 e. The fraction of sp³-hybridized carbons (Fsp3) is 0.308. The highest BCUT2D eigenvalue weighted by Crippen LogP contribution is 2.18. The second-order valence-corrected chi connectivity index (χ2v) is 4.56. The Balaban J connectivity index is 1.70. The highest BCUT2D eigenvalue weighted by Gasteiger charge is 2.12. The van der Waals surface area contributed by atoms with Gasteiger partial charge in [0.2, 0.25) is 5.95 Å². The van der Waals surface area contributed by atoms with E-state index < -0.39 is 5.82 Å². The minimum absolute atomic E-state index is 0.189. The van der Waals surface area contributed by atoms with Crippen LogP contribution >= 0.6 is 0 Å². The van der Waals surface area contributed by atoms with Crippen LogP contribution in [-0.2, 0) is 4.74 Å². The number of ether oxygens (including phenoxy) is 1. The van der Waals surface area contributed by atoms with E-state index in [4.69, 9.17) is 10.5 Å². The van der Waals surface area contributed by atoms with Gasteiger partial charge in [-0.3, -0.25) is 0 Å². The van der Waals surface area contributed by atoms with E-state index in [1.807, 2.05) is 12.1 Å². The largest absolute Gasteiger partial charge is 0.381 e. The number of pyridine rings is 1. The number of nitrogens with zero attached hydrogens (tertiary/aromatic N) is 4. The van der Waals surface area contributed by atoms with Crippen molar-refractivity contribution in [1.82, 2.24) is 15.0 Å². The van der Waals surface area contributed by atoms with Crippen molar-refractivity contribution in [1.29, 1.82) is 0 Å². The second-order valence-electron chi connectivity index (χ2n) is 4.56. The Morgan fingerprint density at radius 2 is 2.00 bits per heavy atom. The van der Waals surface area contributed by atoms with Gasteiger partial charge in [-0.1, -0.05) is 0 Å². The average Bonchev–Trinajstić information content (AvgIpc) is 2.53. The second kappa shape index (κ2) is 5.88. The van der Waals surface area contributed by atoms with E-state index in [2.05, 4.69) is 25.2 Å². The summed E-state index contributed by atoms with van der Waals surface area (Å²) in [6.45, 7) is 3.09. The van der Waals surface area contributed by atoms with Crippen LogP contribution in [0.2, 0.25) is 0 Å². The number of rotatable bonds is 3. The van der Waals surface area contributed by atoms with E-state index in [0.717, 1.165) is 25.1 Å². The molecular weight excluding hydrogens is 275 g/mol. The summed E-state index contributed by atoms with van der Waals surface area (Å²) in [6, 6.07) is 3.77. The molecule has 0 radical (unpaired) electrons. The molecule has 3 heterocycles. The summed E-state index contributed by atoms with van der Waals surface area (Å²) in [7, 11) is 0. The predicted octanol–water partition coefficient (Wildman–Crippen LogP) is 1.17. The van der Waals surface area contributed by atoms with Crippen molar-refractivity contribution in [3.63, 3.8) is 0 Å². The molecule has 0 atom stereocenters. The molecule has 1 saturated heterocycles. The standard InChI is InChI=1S/C13H15FN6O/c14-10-8-17-13(19-12(10)15)18-9-1-2-11(16-7-9)20-3-5-21-6-4-20/h1-2,7-8H,3-6H2,(H3,15,17,18,19). The summed E-state index contributed by atoms with van der Waals surface area (Å²) >= 11 is 0. The van der Waals surface area contributed by atoms with Crippen molar-refractivity contribution in [2.75, 3.05) is 42.3 Å². The summed E-state index contributed by atoms with van der Waals surface area (Å²) < 4.78 is 18.3. The highest BCUT2D eigenvalue weighted by atomic mass is 19.1. The van der Waals surface area contributed by atoms with Gasteiger partial charge in [-0.05, 0) is 12.1 Å². The Morgan fingerprint density at radius 3 is 2.67 bits per heavy atom. The van der Waals surface area contributed by atoms with Gasteiger partial charge in [-0.15, -0.1) is 0 Å². The van der Waals surface area contributed by atoms with Crippen LogP contribution in [0.1, 0.15) is 0 Å². The molecule has 1 aliphatic rings. The fourth-order valence-electron chi connectivity index (χ4n) is 2.01. The maximum absolute atomic E-state index is 13.0. The van der Waals surface area contributed by atoms with Crippen LogP contribution in [0, 0.1) is 5.82 Å². The molecule has 21 heavy (non-hydrogen) atoms. The molecule has 3 rings (SSSR count). The minimum Gasteiger partial charge on any atom is -0.381 e. The summed E-state index contributed by atoms with van der Waals surface area (Å²) in [5, 5.41) is 2.93. The molecule has 110 valence electrons. The molecule has 7 nitrogen and oxygen atoms in total. The van der Waals surface area contributed by atoms with Gasteiger partial charge in [-0.2, -0.15) is 4.98 Å². The van der Waals surface area contributed by atoms with Crippen LogP contribution in [0.25, 0.3) is 0 Å². The number of anilines is 4. The molecule has 1 fully saturated rings. The van der Waals surface area contributed by atoms with Crippen LogP contribution in [0.3, 0.4) is 0 Å². The lowest BCUT2D eigenvalue weighted by atomic mass is 10.3. The Labute approximate surface area is 121 Å². The molecule has 0 unspecified atom stereocenters. The van der Waals surface area contributed by atoms with Crippen molar-refractivity contribution >= 4 is 23.3 Å². The van der Waals surface area contributed by atoms with E-state index in [1.54, 1.807) is 6.20 Å². The van der Waals surface area contributed by atoms with E-state index >= 15 is 0 Å². The minimum atomic E-state index is -0.638. The smallest absolute Gasteiger partial charge is 0.229 e.